The van der Waals surface area contributed by atoms with Crippen molar-refractivity contribution in [1.82, 2.24) is 4.68 Å². The van der Waals surface area contributed by atoms with Crippen LogP contribution in [0.3, 0.4) is 0 Å². The molecule has 0 saturated heterocycles. The van der Waals surface area contributed by atoms with Crippen LogP contribution in [0.5, 0.6) is 0 Å². The van der Waals surface area contributed by atoms with Crippen molar-refractivity contribution >= 4 is 17.9 Å². The summed E-state index contributed by atoms with van der Waals surface area (Å²) in [6.07, 6.45) is 1.36. The van der Waals surface area contributed by atoms with Crippen LogP contribution in [0.4, 0.5) is 5.82 Å². The summed E-state index contributed by atoms with van der Waals surface area (Å²) in [6.45, 7) is 3.65. The van der Waals surface area contributed by atoms with Gasteiger partial charge in [0.1, 0.15) is 12.0 Å². The molecule has 1 aromatic rings. The molecule has 6 heteroatoms. The van der Waals surface area contributed by atoms with Gasteiger partial charge in [-0.1, -0.05) is 6.58 Å². The van der Waals surface area contributed by atoms with Gasteiger partial charge in [-0.05, 0) is 11.0 Å². The second kappa shape index (κ2) is 2.44. The third kappa shape index (κ3) is 0.994. The van der Waals surface area contributed by atoms with E-state index in [0.29, 0.717) is 11.4 Å². The zero-order valence-corrected chi connectivity index (χ0v) is 6.60. The van der Waals surface area contributed by atoms with Gasteiger partial charge in [0.15, 0.2) is 5.69 Å². The monoisotopic (exact) mass is 178 g/mol. The standard InChI is InChI=1S/C7H6N4O2/c1-5-6-2-3-7(11(12)13)10(6)9-4-8-5/h2-4H,1H2,(H,8,9). The SMILES string of the molecule is C=C1N=CNn2c1ccc2[N+](=O)[O-]. The van der Waals surface area contributed by atoms with E-state index in [2.05, 4.69) is 17.0 Å². The molecule has 0 spiro atoms. The van der Waals surface area contributed by atoms with Gasteiger partial charge in [-0.15, -0.1) is 4.68 Å². The summed E-state index contributed by atoms with van der Waals surface area (Å²) in [5.74, 6) is -0.0256. The maximum absolute atomic E-state index is 10.5. The van der Waals surface area contributed by atoms with Crippen molar-refractivity contribution in [3.63, 3.8) is 0 Å². The zero-order valence-electron chi connectivity index (χ0n) is 6.60. The van der Waals surface area contributed by atoms with E-state index in [1.54, 1.807) is 6.07 Å². The van der Waals surface area contributed by atoms with E-state index in [1.165, 1.54) is 17.1 Å². The van der Waals surface area contributed by atoms with Crippen molar-refractivity contribution < 1.29 is 4.92 Å². The van der Waals surface area contributed by atoms with Crippen LogP contribution in [-0.2, 0) is 0 Å². The Labute approximate surface area is 73.3 Å². The van der Waals surface area contributed by atoms with Crippen LogP contribution in [-0.4, -0.2) is 15.9 Å². The maximum Gasteiger partial charge on any atom is 0.346 e. The van der Waals surface area contributed by atoms with Gasteiger partial charge in [0, 0.05) is 6.07 Å². The molecule has 2 rings (SSSR count). The summed E-state index contributed by atoms with van der Waals surface area (Å²) in [7, 11) is 0. The Bertz CT molecular complexity index is 418. The summed E-state index contributed by atoms with van der Waals surface area (Å²) in [5.41, 5.74) is 3.76. The molecule has 0 radical (unpaired) electrons. The van der Waals surface area contributed by atoms with Crippen LogP contribution in [0, 0.1) is 10.1 Å². The maximum atomic E-state index is 10.5. The Morgan fingerprint density at radius 3 is 3.08 bits per heavy atom. The van der Waals surface area contributed by atoms with Crippen LogP contribution in [0.15, 0.2) is 23.7 Å². The van der Waals surface area contributed by atoms with Gasteiger partial charge in [0.2, 0.25) is 0 Å². The first-order chi connectivity index (χ1) is 6.20. The van der Waals surface area contributed by atoms with Crippen LogP contribution in [0.2, 0.25) is 0 Å². The number of aliphatic imine (C=N–C) groups is 1. The van der Waals surface area contributed by atoms with Gasteiger partial charge >= 0.3 is 5.82 Å². The van der Waals surface area contributed by atoms with Gasteiger partial charge in [0.05, 0.1) is 0 Å². The average Bonchev–Trinajstić information content (AvgIpc) is 2.48. The van der Waals surface area contributed by atoms with Crippen molar-refractivity contribution in [2.75, 3.05) is 5.43 Å². The van der Waals surface area contributed by atoms with E-state index >= 15 is 0 Å². The molecule has 0 amide bonds. The van der Waals surface area contributed by atoms with Crippen molar-refractivity contribution in [2.24, 2.45) is 4.99 Å². The van der Waals surface area contributed by atoms with E-state index < -0.39 is 4.92 Å². The summed E-state index contributed by atoms with van der Waals surface area (Å²) in [6, 6.07) is 3.01. The minimum absolute atomic E-state index is 0.0256. The number of aromatic nitrogens is 1. The van der Waals surface area contributed by atoms with Crippen LogP contribution in [0.1, 0.15) is 5.69 Å². The van der Waals surface area contributed by atoms with E-state index in [9.17, 15) is 10.1 Å². The van der Waals surface area contributed by atoms with Gasteiger partial charge in [0.25, 0.3) is 0 Å². The molecule has 0 fully saturated rings. The fraction of sp³-hybridized carbons (Fsp3) is 0. The minimum Gasteiger partial charge on any atom is -0.358 e. The lowest BCUT2D eigenvalue weighted by Crippen LogP contribution is -2.20. The lowest BCUT2D eigenvalue weighted by molar-refractivity contribution is -0.391. The molecule has 6 nitrogen and oxygen atoms in total. The number of hydrogen-bond donors (Lipinski definition) is 1. The first-order valence-electron chi connectivity index (χ1n) is 3.54. The topological polar surface area (TPSA) is 72.5 Å². The molecule has 0 aliphatic carbocycles. The van der Waals surface area contributed by atoms with Crippen LogP contribution >= 0.6 is 0 Å². The Kier molecular flexibility index (Phi) is 1.42. The molecular formula is C7H6N4O2. The summed E-state index contributed by atoms with van der Waals surface area (Å²) < 4.78 is 1.33. The fourth-order valence-corrected chi connectivity index (χ4v) is 1.16. The third-order valence-corrected chi connectivity index (χ3v) is 1.75. The van der Waals surface area contributed by atoms with E-state index in [4.69, 9.17) is 0 Å². The highest BCUT2D eigenvalue weighted by atomic mass is 16.6. The molecular weight excluding hydrogens is 172 g/mol. The van der Waals surface area contributed by atoms with Crippen molar-refractivity contribution in [1.29, 1.82) is 0 Å². The number of fused-ring (bicyclic) bond motifs is 1. The zero-order chi connectivity index (χ0) is 9.42. The highest BCUT2D eigenvalue weighted by Gasteiger charge is 2.21. The molecule has 1 aliphatic heterocycles. The van der Waals surface area contributed by atoms with Gasteiger partial charge in [-0.2, -0.15) is 0 Å². The number of hydrogen-bond acceptors (Lipinski definition) is 4. The summed E-state index contributed by atoms with van der Waals surface area (Å²) in [5, 5.41) is 10.5. The Morgan fingerprint density at radius 1 is 1.62 bits per heavy atom. The number of nitrogens with one attached hydrogen (secondary N) is 1. The molecule has 13 heavy (non-hydrogen) atoms. The number of nitro groups is 1. The Morgan fingerprint density at radius 2 is 2.38 bits per heavy atom. The molecule has 2 heterocycles. The predicted octanol–water partition coefficient (Wildman–Crippen LogP) is 0.952. The minimum atomic E-state index is -0.469. The number of nitrogens with zero attached hydrogens (tertiary/aromatic N) is 3. The van der Waals surface area contributed by atoms with Crippen LogP contribution < -0.4 is 5.43 Å². The largest absolute Gasteiger partial charge is 0.358 e. The second-order valence-corrected chi connectivity index (χ2v) is 2.50. The Hall–Kier alpha value is -2.11. The van der Waals surface area contributed by atoms with Crippen molar-refractivity contribution in [3.05, 3.63) is 34.5 Å². The number of rotatable bonds is 1. The predicted molar refractivity (Wildman–Crippen MR) is 48.0 cm³/mol. The Balaban J connectivity index is 2.57. The normalized spacial score (nSPS) is 13.7. The summed E-state index contributed by atoms with van der Waals surface area (Å²) in [4.78, 5) is 13.9. The molecule has 0 saturated carbocycles. The van der Waals surface area contributed by atoms with E-state index in [1.807, 2.05) is 0 Å². The first kappa shape index (κ1) is 7.53. The van der Waals surface area contributed by atoms with Gasteiger partial charge in [-0.25, -0.2) is 10.4 Å². The smallest absolute Gasteiger partial charge is 0.346 e. The molecule has 0 atom stereocenters. The van der Waals surface area contributed by atoms with Crippen molar-refractivity contribution in [2.45, 2.75) is 0 Å². The molecule has 1 N–H and O–H groups in total. The van der Waals surface area contributed by atoms with E-state index in [0.717, 1.165) is 0 Å². The lowest BCUT2D eigenvalue weighted by Gasteiger charge is -2.07. The average molecular weight is 178 g/mol. The summed E-state index contributed by atoms with van der Waals surface area (Å²) >= 11 is 0. The molecule has 66 valence electrons. The highest BCUT2D eigenvalue weighted by molar-refractivity contribution is 5.79. The molecule has 0 bridgehead atoms. The molecule has 1 aromatic heterocycles. The highest BCUT2D eigenvalue weighted by Crippen LogP contribution is 2.22. The van der Waals surface area contributed by atoms with E-state index in [-0.39, 0.29) is 5.82 Å². The fourth-order valence-electron chi connectivity index (χ4n) is 1.16. The molecule has 0 unspecified atom stereocenters. The van der Waals surface area contributed by atoms with Crippen LogP contribution in [0.25, 0.3) is 5.70 Å². The lowest BCUT2D eigenvalue weighted by atomic mass is 10.3. The quantitative estimate of drug-likeness (QED) is 0.514. The van der Waals surface area contributed by atoms with Gasteiger partial charge in [-0.3, -0.25) is 0 Å². The first-order valence-corrected chi connectivity index (χ1v) is 3.54. The third-order valence-electron chi connectivity index (χ3n) is 1.75. The second-order valence-electron chi connectivity index (χ2n) is 2.50. The van der Waals surface area contributed by atoms with Gasteiger partial charge < -0.3 is 10.1 Å². The van der Waals surface area contributed by atoms with Crippen molar-refractivity contribution in [3.8, 4) is 0 Å². The molecule has 0 aromatic carbocycles. The molecule has 1 aliphatic rings.